The van der Waals surface area contributed by atoms with E-state index in [1.165, 1.54) is 18.0 Å². The predicted molar refractivity (Wildman–Crippen MR) is 104 cm³/mol. The van der Waals surface area contributed by atoms with Crippen molar-refractivity contribution in [3.8, 4) is 5.95 Å². The van der Waals surface area contributed by atoms with Crippen LogP contribution in [0.5, 0.6) is 0 Å². The fourth-order valence-corrected chi connectivity index (χ4v) is 3.17. The third-order valence-corrected chi connectivity index (χ3v) is 4.94. The van der Waals surface area contributed by atoms with Crippen molar-refractivity contribution < 1.29 is 9.59 Å². The third kappa shape index (κ3) is 3.48. The van der Waals surface area contributed by atoms with E-state index in [0.717, 1.165) is 11.3 Å². The highest BCUT2D eigenvalue weighted by Gasteiger charge is 2.35. The molecule has 0 spiro atoms. The first-order valence-corrected chi connectivity index (χ1v) is 9.00. The van der Waals surface area contributed by atoms with Crippen LogP contribution in [-0.4, -0.2) is 37.9 Å². The molecule has 28 heavy (non-hydrogen) atoms. The van der Waals surface area contributed by atoms with Crippen LogP contribution in [0, 0.1) is 19.8 Å². The summed E-state index contributed by atoms with van der Waals surface area (Å²) in [6, 6.07) is 5.89. The molecule has 1 aromatic carbocycles. The molecule has 4 rings (SSSR count). The number of nitrogens with one attached hydrogen (secondary N) is 1. The molecule has 0 bridgehead atoms. The van der Waals surface area contributed by atoms with Gasteiger partial charge in [-0.15, -0.1) is 0 Å². The zero-order valence-electron chi connectivity index (χ0n) is 15.7. The summed E-state index contributed by atoms with van der Waals surface area (Å²) in [5.41, 5.74) is 3.61. The molecular weight excluding hydrogens is 356 g/mol. The van der Waals surface area contributed by atoms with E-state index in [4.69, 9.17) is 0 Å². The van der Waals surface area contributed by atoms with Gasteiger partial charge in [0, 0.05) is 31.0 Å². The maximum absolute atomic E-state index is 12.6. The second-order valence-corrected chi connectivity index (χ2v) is 6.90. The smallest absolute Gasteiger partial charge is 0.234 e. The van der Waals surface area contributed by atoms with Gasteiger partial charge in [-0.1, -0.05) is 6.07 Å². The van der Waals surface area contributed by atoms with Crippen LogP contribution in [0.4, 0.5) is 11.4 Å². The number of aryl methyl sites for hydroxylation is 2. The number of aromatic nitrogens is 4. The molecule has 3 aromatic rings. The molecule has 8 heteroatoms. The summed E-state index contributed by atoms with van der Waals surface area (Å²) < 4.78 is 1.67. The number of hydrogen-bond donors (Lipinski definition) is 1. The second kappa shape index (κ2) is 7.22. The lowest BCUT2D eigenvalue weighted by atomic mass is 10.1. The molecule has 0 radical (unpaired) electrons. The Morgan fingerprint density at radius 3 is 2.64 bits per heavy atom. The molecule has 2 aromatic heterocycles. The predicted octanol–water partition coefficient (Wildman–Crippen LogP) is 2.27. The first-order valence-electron chi connectivity index (χ1n) is 9.00. The molecule has 2 amide bonds. The van der Waals surface area contributed by atoms with Gasteiger partial charge in [0.25, 0.3) is 0 Å². The highest BCUT2D eigenvalue weighted by Crippen LogP contribution is 2.27. The van der Waals surface area contributed by atoms with E-state index in [1.807, 2.05) is 32.0 Å². The molecule has 1 aliphatic heterocycles. The van der Waals surface area contributed by atoms with Crippen LogP contribution in [0.25, 0.3) is 5.95 Å². The van der Waals surface area contributed by atoms with Crippen molar-refractivity contribution in [3.63, 3.8) is 0 Å². The van der Waals surface area contributed by atoms with Crippen molar-refractivity contribution in [1.29, 1.82) is 0 Å². The van der Waals surface area contributed by atoms with Gasteiger partial charge in [0.1, 0.15) is 6.33 Å². The molecule has 1 saturated heterocycles. The first-order chi connectivity index (χ1) is 13.5. The highest BCUT2D eigenvalue weighted by atomic mass is 16.2. The molecule has 0 saturated carbocycles. The summed E-state index contributed by atoms with van der Waals surface area (Å²) in [5.74, 6) is -0.205. The summed E-state index contributed by atoms with van der Waals surface area (Å²) in [4.78, 5) is 39.1. The molecule has 1 fully saturated rings. The van der Waals surface area contributed by atoms with Crippen LogP contribution < -0.4 is 10.2 Å². The number of nitrogens with zero attached hydrogens (tertiary/aromatic N) is 5. The Labute approximate surface area is 162 Å². The average molecular weight is 376 g/mol. The minimum Gasteiger partial charge on any atom is -0.323 e. The summed E-state index contributed by atoms with van der Waals surface area (Å²) >= 11 is 0. The van der Waals surface area contributed by atoms with Crippen LogP contribution in [-0.2, 0) is 9.59 Å². The molecular formula is C20H20N6O2. The van der Waals surface area contributed by atoms with Gasteiger partial charge in [-0.2, -0.15) is 0 Å². The summed E-state index contributed by atoms with van der Waals surface area (Å²) in [6.45, 7) is 4.40. The first kappa shape index (κ1) is 17.8. The van der Waals surface area contributed by atoms with E-state index in [9.17, 15) is 9.59 Å². The number of carbonyl (C=O) groups is 2. The van der Waals surface area contributed by atoms with E-state index in [0.29, 0.717) is 18.2 Å². The van der Waals surface area contributed by atoms with Crippen LogP contribution in [0.3, 0.4) is 0 Å². The molecule has 1 unspecified atom stereocenters. The third-order valence-electron chi connectivity index (χ3n) is 4.94. The zero-order valence-corrected chi connectivity index (χ0v) is 15.7. The Bertz CT molecular complexity index is 1010. The van der Waals surface area contributed by atoms with Crippen molar-refractivity contribution in [2.24, 2.45) is 5.92 Å². The quantitative estimate of drug-likeness (QED) is 0.754. The minimum absolute atomic E-state index is 0.0462. The number of amides is 2. The van der Waals surface area contributed by atoms with Gasteiger partial charge in [0.2, 0.25) is 17.8 Å². The Hall–Kier alpha value is -3.55. The maximum atomic E-state index is 12.6. The fourth-order valence-electron chi connectivity index (χ4n) is 3.17. The largest absolute Gasteiger partial charge is 0.323 e. The van der Waals surface area contributed by atoms with E-state index >= 15 is 0 Å². The molecule has 1 atom stereocenters. The Kier molecular flexibility index (Phi) is 4.60. The number of rotatable bonds is 4. The zero-order chi connectivity index (χ0) is 19.7. The Balaban J connectivity index is 1.42. The lowest BCUT2D eigenvalue weighted by molar-refractivity contribution is -0.122. The van der Waals surface area contributed by atoms with Gasteiger partial charge >= 0.3 is 0 Å². The molecule has 0 aliphatic carbocycles. The Morgan fingerprint density at radius 1 is 1.18 bits per heavy atom. The number of imidazole rings is 1. The molecule has 8 nitrogen and oxygen atoms in total. The highest BCUT2D eigenvalue weighted by molar-refractivity contribution is 6.03. The van der Waals surface area contributed by atoms with Crippen molar-refractivity contribution in [1.82, 2.24) is 19.5 Å². The van der Waals surface area contributed by atoms with Gasteiger partial charge in [-0.25, -0.2) is 15.0 Å². The monoisotopic (exact) mass is 376 g/mol. The average Bonchev–Trinajstić information content (AvgIpc) is 3.35. The maximum Gasteiger partial charge on any atom is 0.234 e. The van der Waals surface area contributed by atoms with Crippen LogP contribution >= 0.6 is 0 Å². The summed E-state index contributed by atoms with van der Waals surface area (Å²) in [7, 11) is 0. The van der Waals surface area contributed by atoms with Gasteiger partial charge < -0.3 is 10.2 Å². The summed E-state index contributed by atoms with van der Waals surface area (Å²) in [5, 5.41) is 2.80. The molecule has 1 N–H and O–H groups in total. The number of hydrogen-bond acceptors (Lipinski definition) is 5. The SMILES string of the molecule is Cc1ccc(N2CC(C(=O)Nc3cnc(-n4ccnc4)nc3)CC2=O)cc1C. The van der Waals surface area contributed by atoms with E-state index in [2.05, 4.69) is 20.3 Å². The number of anilines is 2. The van der Waals surface area contributed by atoms with Crippen molar-refractivity contribution in [2.45, 2.75) is 20.3 Å². The lowest BCUT2D eigenvalue weighted by Crippen LogP contribution is -2.28. The standard InChI is InChI=1S/C20H20N6O2/c1-13-3-4-17(7-14(13)2)26-11-15(8-18(26)27)19(28)24-16-9-22-20(23-10-16)25-6-5-21-12-25/h3-7,9-10,12,15H,8,11H2,1-2H3,(H,24,28). The molecule has 142 valence electrons. The van der Waals surface area contributed by atoms with Crippen LogP contribution in [0.15, 0.2) is 49.3 Å². The summed E-state index contributed by atoms with van der Waals surface area (Å²) in [6.07, 6.45) is 8.23. The van der Waals surface area contributed by atoms with E-state index in [-0.39, 0.29) is 18.2 Å². The van der Waals surface area contributed by atoms with Gasteiger partial charge in [-0.05, 0) is 37.1 Å². The van der Waals surface area contributed by atoms with Gasteiger partial charge in [0.05, 0.1) is 24.0 Å². The normalized spacial score (nSPS) is 16.4. The topological polar surface area (TPSA) is 93.0 Å². The molecule has 1 aliphatic rings. The number of benzene rings is 1. The van der Waals surface area contributed by atoms with Gasteiger partial charge in [0.15, 0.2) is 0 Å². The van der Waals surface area contributed by atoms with Gasteiger partial charge in [-0.3, -0.25) is 14.2 Å². The lowest BCUT2D eigenvalue weighted by Gasteiger charge is -2.18. The number of carbonyl (C=O) groups excluding carboxylic acids is 2. The van der Waals surface area contributed by atoms with Crippen LogP contribution in [0.2, 0.25) is 0 Å². The Morgan fingerprint density at radius 2 is 1.96 bits per heavy atom. The minimum atomic E-state index is -0.414. The van der Waals surface area contributed by atoms with Crippen molar-refractivity contribution in [2.75, 3.05) is 16.8 Å². The second-order valence-electron chi connectivity index (χ2n) is 6.90. The molecule has 3 heterocycles. The van der Waals surface area contributed by atoms with E-state index in [1.54, 1.807) is 28.2 Å². The van der Waals surface area contributed by atoms with Crippen molar-refractivity contribution in [3.05, 3.63) is 60.4 Å². The fraction of sp³-hybridized carbons (Fsp3) is 0.250. The van der Waals surface area contributed by atoms with Crippen LogP contribution in [0.1, 0.15) is 17.5 Å². The van der Waals surface area contributed by atoms with E-state index < -0.39 is 5.92 Å². The van der Waals surface area contributed by atoms with Crippen molar-refractivity contribution >= 4 is 23.2 Å².